The minimum atomic E-state index is 0.237. The van der Waals surface area contributed by atoms with Crippen molar-refractivity contribution in [1.82, 2.24) is 4.98 Å². The van der Waals surface area contributed by atoms with Crippen molar-refractivity contribution in [2.45, 2.75) is 24.8 Å². The molecule has 1 aromatic heterocycles. The maximum Gasteiger partial charge on any atom is 0.156 e. The van der Waals surface area contributed by atoms with Gasteiger partial charge in [0.1, 0.15) is 5.03 Å². The van der Waals surface area contributed by atoms with Gasteiger partial charge in [-0.1, -0.05) is 17.8 Å². The minimum Gasteiger partial charge on any atom is -0.295 e. The van der Waals surface area contributed by atoms with Crippen LogP contribution in [0.5, 0.6) is 0 Å². The van der Waals surface area contributed by atoms with Gasteiger partial charge in [0.2, 0.25) is 0 Å². The maximum absolute atomic E-state index is 11.0. The summed E-state index contributed by atoms with van der Waals surface area (Å²) in [6.07, 6.45) is 5.05. The lowest BCUT2D eigenvalue weighted by Gasteiger charge is -2.03. The van der Waals surface area contributed by atoms with Crippen LogP contribution in [0.3, 0.4) is 0 Å². The predicted octanol–water partition coefficient (Wildman–Crippen LogP) is 2.73. The van der Waals surface area contributed by atoms with E-state index in [-0.39, 0.29) is 5.78 Å². The molecule has 0 saturated heterocycles. The molecule has 0 amide bonds. The van der Waals surface area contributed by atoms with Gasteiger partial charge in [-0.05, 0) is 36.0 Å². The van der Waals surface area contributed by atoms with E-state index in [0.717, 1.165) is 21.9 Å². The number of carbonyl (C=O) groups excluding carboxylic acids is 1. The van der Waals surface area contributed by atoms with Crippen molar-refractivity contribution in [2.75, 3.05) is 0 Å². The van der Waals surface area contributed by atoms with Gasteiger partial charge in [0.15, 0.2) is 5.78 Å². The Morgan fingerprint density at radius 3 is 2.93 bits per heavy atom. The Balaban J connectivity index is 2.15. The SMILES string of the molecule is Cc1cccnc1SC1=CC(=O)CC1. The molecule has 0 unspecified atom stereocenters. The third-order valence-corrected chi connectivity index (χ3v) is 3.33. The van der Waals surface area contributed by atoms with Gasteiger partial charge in [-0.25, -0.2) is 4.98 Å². The highest BCUT2D eigenvalue weighted by molar-refractivity contribution is 8.03. The molecule has 1 aliphatic rings. The zero-order valence-electron chi connectivity index (χ0n) is 7.99. The summed E-state index contributed by atoms with van der Waals surface area (Å²) in [6, 6.07) is 3.96. The monoisotopic (exact) mass is 205 g/mol. The van der Waals surface area contributed by atoms with E-state index in [1.807, 2.05) is 19.1 Å². The number of carbonyl (C=O) groups is 1. The highest BCUT2D eigenvalue weighted by atomic mass is 32.2. The number of pyridine rings is 1. The van der Waals surface area contributed by atoms with Crippen LogP contribution in [0.25, 0.3) is 0 Å². The number of thioether (sulfide) groups is 1. The summed E-state index contributed by atoms with van der Waals surface area (Å²) in [7, 11) is 0. The van der Waals surface area contributed by atoms with Crippen LogP contribution in [-0.2, 0) is 4.79 Å². The molecule has 1 aliphatic carbocycles. The van der Waals surface area contributed by atoms with Crippen molar-refractivity contribution >= 4 is 17.5 Å². The van der Waals surface area contributed by atoms with Gasteiger partial charge in [0.25, 0.3) is 0 Å². The van der Waals surface area contributed by atoms with E-state index in [4.69, 9.17) is 0 Å². The van der Waals surface area contributed by atoms with Crippen molar-refractivity contribution < 1.29 is 4.79 Å². The van der Waals surface area contributed by atoms with Crippen molar-refractivity contribution in [3.63, 3.8) is 0 Å². The fourth-order valence-corrected chi connectivity index (χ4v) is 2.34. The third kappa shape index (κ3) is 2.04. The normalized spacial score (nSPS) is 15.8. The van der Waals surface area contributed by atoms with Crippen LogP contribution in [-0.4, -0.2) is 10.8 Å². The summed E-state index contributed by atoms with van der Waals surface area (Å²) < 4.78 is 0. The number of aryl methyl sites for hydroxylation is 1. The Kier molecular flexibility index (Phi) is 2.68. The van der Waals surface area contributed by atoms with Crippen molar-refractivity contribution in [1.29, 1.82) is 0 Å². The van der Waals surface area contributed by atoms with Crippen molar-refractivity contribution in [2.24, 2.45) is 0 Å². The second-order valence-electron chi connectivity index (χ2n) is 3.30. The first-order valence-electron chi connectivity index (χ1n) is 4.58. The molecule has 3 heteroatoms. The van der Waals surface area contributed by atoms with Crippen LogP contribution in [0.1, 0.15) is 18.4 Å². The van der Waals surface area contributed by atoms with Crippen LogP contribution in [0.2, 0.25) is 0 Å². The zero-order valence-corrected chi connectivity index (χ0v) is 8.80. The van der Waals surface area contributed by atoms with Gasteiger partial charge >= 0.3 is 0 Å². The summed E-state index contributed by atoms with van der Waals surface area (Å²) in [5, 5.41) is 1.01. The second-order valence-corrected chi connectivity index (χ2v) is 4.42. The minimum absolute atomic E-state index is 0.237. The van der Waals surface area contributed by atoms with Gasteiger partial charge in [-0.15, -0.1) is 0 Å². The highest BCUT2D eigenvalue weighted by Crippen LogP contribution is 2.33. The Bertz CT molecular complexity index is 398. The number of rotatable bonds is 2. The maximum atomic E-state index is 11.0. The predicted molar refractivity (Wildman–Crippen MR) is 57.2 cm³/mol. The van der Waals surface area contributed by atoms with Crippen LogP contribution in [0, 0.1) is 6.92 Å². The first-order valence-corrected chi connectivity index (χ1v) is 5.40. The van der Waals surface area contributed by atoms with Gasteiger partial charge < -0.3 is 0 Å². The molecule has 1 aromatic rings. The standard InChI is InChI=1S/C11H11NOS/c1-8-3-2-6-12-11(8)14-10-5-4-9(13)7-10/h2-3,6-7H,4-5H2,1H3. The fourth-order valence-electron chi connectivity index (χ4n) is 1.35. The van der Waals surface area contributed by atoms with Crippen LogP contribution >= 0.6 is 11.8 Å². The molecule has 0 N–H and O–H groups in total. The molecule has 2 rings (SSSR count). The van der Waals surface area contributed by atoms with Crippen LogP contribution < -0.4 is 0 Å². The Labute approximate surface area is 87.4 Å². The smallest absolute Gasteiger partial charge is 0.156 e. The lowest BCUT2D eigenvalue weighted by molar-refractivity contribution is -0.114. The lowest BCUT2D eigenvalue weighted by atomic mass is 10.3. The molecule has 0 aliphatic heterocycles. The molecule has 0 fully saturated rings. The van der Waals surface area contributed by atoms with E-state index in [1.54, 1.807) is 24.0 Å². The first kappa shape index (κ1) is 9.46. The largest absolute Gasteiger partial charge is 0.295 e. The van der Waals surface area contributed by atoms with E-state index in [2.05, 4.69) is 4.98 Å². The van der Waals surface area contributed by atoms with E-state index in [9.17, 15) is 4.79 Å². The number of allylic oxidation sites excluding steroid dienone is 2. The van der Waals surface area contributed by atoms with Crippen LogP contribution in [0.4, 0.5) is 0 Å². The molecule has 2 nitrogen and oxygen atoms in total. The molecule has 0 spiro atoms. The molecule has 14 heavy (non-hydrogen) atoms. The Hall–Kier alpha value is -1.09. The van der Waals surface area contributed by atoms with Crippen LogP contribution in [0.15, 0.2) is 34.3 Å². The average molecular weight is 205 g/mol. The molecular weight excluding hydrogens is 194 g/mol. The number of aromatic nitrogens is 1. The first-order chi connectivity index (χ1) is 6.75. The lowest BCUT2D eigenvalue weighted by Crippen LogP contribution is -1.83. The van der Waals surface area contributed by atoms with Crippen molar-refractivity contribution in [3.8, 4) is 0 Å². The Morgan fingerprint density at radius 1 is 1.43 bits per heavy atom. The second kappa shape index (κ2) is 3.96. The van der Waals surface area contributed by atoms with E-state index < -0.39 is 0 Å². The van der Waals surface area contributed by atoms with E-state index >= 15 is 0 Å². The quantitative estimate of drug-likeness (QED) is 0.743. The Morgan fingerprint density at radius 2 is 2.29 bits per heavy atom. The molecular formula is C11H11NOS. The molecule has 0 bridgehead atoms. The number of hydrogen-bond donors (Lipinski definition) is 0. The van der Waals surface area contributed by atoms with E-state index in [1.165, 1.54) is 0 Å². The average Bonchev–Trinajstić information content (AvgIpc) is 2.56. The third-order valence-electron chi connectivity index (χ3n) is 2.13. The molecule has 72 valence electrons. The molecule has 0 radical (unpaired) electrons. The van der Waals surface area contributed by atoms with Gasteiger partial charge in [-0.3, -0.25) is 4.79 Å². The summed E-state index contributed by atoms with van der Waals surface area (Å²) in [5.74, 6) is 0.237. The number of nitrogens with zero attached hydrogens (tertiary/aromatic N) is 1. The topological polar surface area (TPSA) is 30.0 Å². The molecule has 0 saturated carbocycles. The summed E-state index contributed by atoms with van der Waals surface area (Å²) in [4.78, 5) is 16.4. The number of hydrogen-bond acceptors (Lipinski definition) is 3. The molecule has 0 atom stereocenters. The molecule has 1 heterocycles. The summed E-state index contributed by atoms with van der Waals surface area (Å²) in [6.45, 7) is 2.03. The van der Waals surface area contributed by atoms with Gasteiger partial charge in [-0.2, -0.15) is 0 Å². The fraction of sp³-hybridized carbons (Fsp3) is 0.273. The zero-order chi connectivity index (χ0) is 9.97. The molecule has 0 aromatic carbocycles. The van der Waals surface area contributed by atoms with Crippen molar-refractivity contribution in [3.05, 3.63) is 34.9 Å². The summed E-state index contributed by atoms with van der Waals surface area (Å²) in [5.41, 5.74) is 1.16. The number of ketones is 1. The highest BCUT2D eigenvalue weighted by Gasteiger charge is 2.13. The van der Waals surface area contributed by atoms with Gasteiger partial charge in [0, 0.05) is 12.6 Å². The van der Waals surface area contributed by atoms with Gasteiger partial charge in [0.05, 0.1) is 0 Å². The van der Waals surface area contributed by atoms with E-state index in [0.29, 0.717) is 6.42 Å². The summed E-state index contributed by atoms with van der Waals surface area (Å²) >= 11 is 1.61.